The van der Waals surface area contributed by atoms with Crippen LogP contribution < -0.4 is 97.3 Å². The van der Waals surface area contributed by atoms with Crippen LogP contribution in [0.15, 0.2) is 84.2 Å². The Morgan fingerprint density at radius 2 is 1.44 bits per heavy atom. The number of nitrogens with zero attached hydrogens (tertiary/aromatic N) is 3. The van der Waals surface area contributed by atoms with Crippen molar-refractivity contribution in [1.82, 2.24) is 0 Å². The Kier molecular flexibility index (Phi) is 11.4. The summed E-state index contributed by atoms with van der Waals surface area (Å²) in [6.45, 7) is 0. The van der Waals surface area contributed by atoms with E-state index in [9.17, 15) is 50.8 Å². The predicted molar refractivity (Wildman–Crippen MR) is 139 cm³/mol. The van der Waals surface area contributed by atoms with Crippen LogP contribution in [0.2, 0.25) is 0 Å². The maximum atomic E-state index is 12.9. The molecule has 0 fully saturated rings. The van der Waals surface area contributed by atoms with Gasteiger partial charge in [-0.05, 0) is 53.9 Å². The molecule has 0 aliphatic heterocycles. The molecule has 0 aliphatic rings. The van der Waals surface area contributed by atoms with Gasteiger partial charge < -0.3 is 19.9 Å². The molecule has 0 spiro atoms. The topological polar surface area (TPSA) is 287 Å². The van der Waals surface area contributed by atoms with Crippen molar-refractivity contribution in [3.8, 4) is 5.75 Å². The zero-order chi connectivity index (χ0) is 30.3. The van der Waals surface area contributed by atoms with Crippen molar-refractivity contribution in [1.29, 1.82) is 0 Å². The van der Waals surface area contributed by atoms with Crippen LogP contribution in [0.25, 0.3) is 10.8 Å². The summed E-state index contributed by atoms with van der Waals surface area (Å²) in [6.07, 6.45) is 0. The molecule has 4 aromatic rings. The third-order valence-corrected chi connectivity index (χ3v) is 7.07. The second-order valence-corrected chi connectivity index (χ2v) is 10.9. The van der Waals surface area contributed by atoms with Gasteiger partial charge in [0.25, 0.3) is 5.69 Å². The largest absolute Gasteiger partial charge is 1.00 e. The van der Waals surface area contributed by atoms with Gasteiger partial charge in [-0.25, -0.2) is 16.8 Å². The van der Waals surface area contributed by atoms with E-state index in [1.54, 1.807) is 0 Å². The first-order valence-corrected chi connectivity index (χ1v) is 13.6. The SMILES string of the molecule is Nc1cc(NN=c2c(=O)ccc(=NNc3cc(S(=O)(=O)[O-])cc4cc(S(=O)(=O)[O-])cc(O)c34)c2=O)ccc1[N+](=O)[O-].[Na+].[Na+]. The van der Waals surface area contributed by atoms with Crippen LogP contribution in [0.4, 0.5) is 22.7 Å². The molecule has 4 rings (SSSR count). The molecule has 21 heteroatoms. The van der Waals surface area contributed by atoms with Gasteiger partial charge in [-0.2, -0.15) is 10.2 Å². The second-order valence-electron chi connectivity index (χ2n) is 8.16. The molecule has 4 aromatic carbocycles. The van der Waals surface area contributed by atoms with Gasteiger partial charge in [-0.15, -0.1) is 0 Å². The molecular formula is C22H14N6Na2O11S2. The van der Waals surface area contributed by atoms with Gasteiger partial charge >= 0.3 is 59.1 Å². The van der Waals surface area contributed by atoms with Crippen LogP contribution in [0.5, 0.6) is 5.75 Å². The monoisotopic (exact) mass is 648 g/mol. The van der Waals surface area contributed by atoms with E-state index in [1.165, 1.54) is 6.07 Å². The van der Waals surface area contributed by atoms with Gasteiger partial charge in [0.15, 0.2) is 5.36 Å². The first-order valence-electron chi connectivity index (χ1n) is 10.8. The molecule has 212 valence electrons. The number of anilines is 3. The fourth-order valence-electron chi connectivity index (χ4n) is 3.58. The summed E-state index contributed by atoms with van der Waals surface area (Å²) in [5, 5.41) is 27.1. The Bertz CT molecular complexity index is 2220. The summed E-state index contributed by atoms with van der Waals surface area (Å²) in [7, 11) is -10.2. The number of phenolic OH excluding ortho intramolecular Hbond substituents is 1. The maximum absolute atomic E-state index is 12.9. The Labute approximate surface area is 284 Å². The van der Waals surface area contributed by atoms with Crippen molar-refractivity contribution < 1.29 is 95.1 Å². The van der Waals surface area contributed by atoms with Crippen LogP contribution in [0, 0.1) is 10.1 Å². The Morgan fingerprint density at radius 1 is 0.837 bits per heavy atom. The zero-order valence-electron chi connectivity index (χ0n) is 22.0. The second kappa shape index (κ2) is 13.6. The van der Waals surface area contributed by atoms with Crippen molar-refractivity contribution in [3.05, 3.63) is 95.9 Å². The molecule has 0 unspecified atom stereocenters. The number of nitrogen functional groups attached to an aromatic ring is 1. The molecule has 17 nitrogen and oxygen atoms in total. The van der Waals surface area contributed by atoms with Gasteiger partial charge in [0, 0.05) is 11.5 Å². The quantitative estimate of drug-likeness (QED) is 0.0476. The zero-order valence-corrected chi connectivity index (χ0v) is 27.6. The Balaban J connectivity index is 0.00000323. The van der Waals surface area contributed by atoms with E-state index >= 15 is 0 Å². The number of phenols is 1. The molecule has 0 saturated heterocycles. The fourth-order valence-corrected chi connectivity index (χ4v) is 4.64. The molecule has 0 heterocycles. The van der Waals surface area contributed by atoms with Gasteiger partial charge in [-0.1, -0.05) is 0 Å². The number of benzene rings is 4. The van der Waals surface area contributed by atoms with E-state index in [0.717, 1.165) is 42.5 Å². The van der Waals surface area contributed by atoms with Crippen LogP contribution in [-0.2, 0) is 20.2 Å². The van der Waals surface area contributed by atoms with Crippen molar-refractivity contribution in [2.45, 2.75) is 9.79 Å². The van der Waals surface area contributed by atoms with Crippen LogP contribution in [0.3, 0.4) is 0 Å². The number of aromatic hydroxyl groups is 1. The molecule has 0 saturated carbocycles. The van der Waals surface area contributed by atoms with Crippen molar-refractivity contribution in [3.63, 3.8) is 0 Å². The number of nitro benzene ring substituents is 1. The molecule has 43 heavy (non-hydrogen) atoms. The number of hydrogen-bond acceptors (Lipinski definition) is 16. The number of nitro groups is 1. The normalized spacial score (nSPS) is 12.3. The van der Waals surface area contributed by atoms with E-state index in [2.05, 4.69) is 21.1 Å². The Hall–Kier alpha value is -3.24. The van der Waals surface area contributed by atoms with Gasteiger partial charge in [0.1, 0.15) is 37.0 Å². The van der Waals surface area contributed by atoms with Crippen molar-refractivity contribution in [2.24, 2.45) is 10.2 Å². The third kappa shape index (κ3) is 8.03. The molecule has 0 aromatic heterocycles. The summed E-state index contributed by atoms with van der Waals surface area (Å²) < 4.78 is 69.3. The molecule has 0 aliphatic carbocycles. The van der Waals surface area contributed by atoms with Gasteiger partial charge in [-0.3, -0.25) is 30.6 Å². The van der Waals surface area contributed by atoms with Crippen LogP contribution >= 0.6 is 0 Å². The minimum absolute atomic E-state index is 0. The number of fused-ring (bicyclic) bond motifs is 1. The van der Waals surface area contributed by atoms with Gasteiger partial charge in [0.05, 0.1) is 26.1 Å². The molecule has 5 N–H and O–H groups in total. The maximum Gasteiger partial charge on any atom is 1.00 e. The van der Waals surface area contributed by atoms with E-state index in [-0.39, 0.29) is 92.6 Å². The standard InChI is InChI=1S/C22H16N6O11S2.2Na/c23-14-7-11(1-3-17(14)28(32)33)24-27-21-18(29)4-2-15(22(21)31)25-26-16-8-12(40(34,35)36)5-10-6-13(41(37,38)39)9-19(30)20(10)16;;/h1-9,24,26,30H,23H2,(H,34,35,36)(H,37,38,39);;/q;2*+1/p-2. The molecule has 0 radical (unpaired) electrons. The van der Waals surface area contributed by atoms with Crippen molar-refractivity contribution >= 4 is 53.8 Å². The van der Waals surface area contributed by atoms with Crippen molar-refractivity contribution in [2.75, 3.05) is 16.6 Å². The number of hydrogen-bond donors (Lipinski definition) is 4. The van der Waals surface area contributed by atoms with E-state index in [4.69, 9.17) is 5.73 Å². The fraction of sp³-hybridized carbons (Fsp3) is 0. The third-order valence-electron chi connectivity index (χ3n) is 5.44. The summed E-state index contributed by atoms with van der Waals surface area (Å²) >= 11 is 0. The summed E-state index contributed by atoms with van der Waals surface area (Å²) in [6, 6.07) is 8.16. The van der Waals surface area contributed by atoms with E-state index < -0.39 is 62.3 Å². The number of nitrogens with two attached hydrogens (primary N) is 1. The Morgan fingerprint density at radius 3 is 2.00 bits per heavy atom. The number of nitrogens with one attached hydrogen (secondary N) is 2. The molecule has 0 amide bonds. The summed E-state index contributed by atoms with van der Waals surface area (Å²) in [5.74, 6) is -0.802. The number of rotatable bonds is 7. The van der Waals surface area contributed by atoms with Gasteiger partial charge in [0.2, 0.25) is 10.9 Å². The molecule has 0 atom stereocenters. The minimum Gasteiger partial charge on any atom is -0.744 e. The predicted octanol–water partition coefficient (Wildman–Crippen LogP) is -6.70. The average Bonchev–Trinajstić information content (AvgIpc) is 2.86. The van der Waals surface area contributed by atoms with E-state index in [0.29, 0.717) is 6.07 Å². The summed E-state index contributed by atoms with van der Waals surface area (Å²) in [5.41, 5.74) is 7.51. The first-order chi connectivity index (χ1) is 19.1. The first kappa shape index (κ1) is 36.0. The summed E-state index contributed by atoms with van der Waals surface area (Å²) in [4.78, 5) is 33.5. The van der Waals surface area contributed by atoms with E-state index in [1.807, 2.05) is 0 Å². The average molecular weight is 648 g/mol. The smallest absolute Gasteiger partial charge is 0.744 e. The van der Waals surface area contributed by atoms with Crippen LogP contribution in [0.1, 0.15) is 0 Å². The van der Waals surface area contributed by atoms with Crippen LogP contribution in [-0.4, -0.2) is 36.0 Å². The molecule has 0 bridgehead atoms. The minimum atomic E-state index is -5.14. The molecular weight excluding hydrogens is 634 g/mol.